The van der Waals surface area contributed by atoms with E-state index in [-0.39, 0.29) is 5.03 Å². The summed E-state index contributed by atoms with van der Waals surface area (Å²) in [5.41, 5.74) is 0.368. The molecule has 0 amide bonds. The number of nitrogens with one attached hydrogen (secondary N) is 2. The van der Waals surface area contributed by atoms with E-state index >= 15 is 0 Å². The molecule has 0 aliphatic heterocycles. The Morgan fingerprint density at radius 2 is 2.18 bits per heavy atom. The molecule has 0 aliphatic rings. The highest BCUT2D eigenvalue weighted by atomic mass is 79.9. The first-order valence-electron chi connectivity index (χ1n) is 4.46. The van der Waals surface area contributed by atoms with Gasteiger partial charge < -0.3 is 4.98 Å². The van der Waals surface area contributed by atoms with Crippen molar-refractivity contribution in [1.82, 2.24) is 9.97 Å². The molecule has 0 atom stereocenters. The van der Waals surface area contributed by atoms with Crippen molar-refractivity contribution in [3.8, 4) is 0 Å². The van der Waals surface area contributed by atoms with Gasteiger partial charge in [-0.05, 0) is 28.1 Å². The third kappa shape index (κ3) is 2.62. The molecule has 0 saturated carbocycles. The van der Waals surface area contributed by atoms with Crippen molar-refractivity contribution in [3.05, 3.63) is 40.2 Å². The largest absolute Gasteiger partial charge is 0.334 e. The highest BCUT2D eigenvalue weighted by Crippen LogP contribution is 2.31. The molecule has 0 aliphatic carbocycles. The number of rotatable bonds is 3. The van der Waals surface area contributed by atoms with Crippen molar-refractivity contribution in [1.29, 1.82) is 0 Å². The molecule has 5 nitrogen and oxygen atoms in total. The highest BCUT2D eigenvalue weighted by molar-refractivity contribution is 9.10. The lowest BCUT2D eigenvalue weighted by Crippen LogP contribution is -2.13. The first-order chi connectivity index (χ1) is 8.00. The lowest BCUT2D eigenvalue weighted by Gasteiger charge is -2.08. The maximum absolute atomic E-state index is 11.9. The minimum atomic E-state index is -3.67. The van der Waals surface area contributed by atoms with Crippen molar-refractivity contribution < 1.29 is 8.42 Å². The Hall–Kier alpha value is -1.05. The van der Waals surface area contributed by atoms with Crippen LogP contribution in [0.2, 0.25) is 5.02 Å². The number of H-pyrrole nitrogens is 1. The van der Waals surface area contributed by atoms with Crippen molar-refractivity contribution in [2.45, 2.75) is 5.03 Å². The van der Waals surface area contributed by atoms with E-state index < -0.39 is 10.0 Å². The van der Waals surface area contributed by atoms with E-state index in [1.54, 1.807) is 18.2 Å². The van der Waals surface area contributed by atoms with Crippen LogP contribution in [0.4, 0.5) is 5.69 Å². The summed E-state index contributed by atoms with van der Waals surface area (Å²) in [5, 5.41) is 0.416. The number of aromatic amines is 1. The zero-order valence-electron chi connectivity index (χ0n) is 8.31. The Labute approximate surface area is 111 Å². The fourth-order valence-corrected chi connectivity index (χ4v) is 2.82. The van der Waals surface area contributed by atoms with Crippen LogP contribution in [-0.4, -0.2) is 18.4 Å². The molecule has 0 saturated heterocycles. The maximum atomic E-state index is 11.9. The molecule has 0 fully saturated rings. The molecule has 17 heavy (non-hydrogen) atoms. The third-order valence-corrected chi connectivity index (χ3v) is 4.65. The molecule has 90 valence electrons. The molecular weight excluding hydrogens is 330 g/mol. The van der Waals surface area contributed by atoms with Crippen molar-refractivity contribution >= 4 is 43.2 Å². The van der Waals surface area contributed by atoms with E-state index in [4.69, 9.17) is 11.6 Å². The van der Waals surface area contributed by atoms with E-state index in [9.17, 15) is 8.42 Å². The van der Waals surface area contributed by atoms with E-state index in [2.05, 4.69) is 30.6 Å². The molecule has 2 rings (SSSR count). The Bertz CT molecular complexity index is 628. The van der Waals surface area contributed by atoms with Gasteiger partial charge in [-0.3, -0.25) is 4.72 Å². The van der Waals surface area contributed by atoms with Crippen molar-refractivity contribution in [2.75, 3.05) is 4.72 Å². The van der Waals surface area contributed by atoms with Gasteiger partial charge in [0.15, 0.2) is 5.03 Å². The summed E-state index contributed by atoms with van der Waals surface area (Å²) in [4.78, 5) is 6.18. The van der Waals surface area contributed by atoms with E-state index in [1.807, 2.05) is 0 Å². The molecule has 2 N–H and O–H groups in total. The molecule has 0 bridgehead atoms. The molecule has 1 heterocycles. The molecule has 1 aromatic carbocycles. The molecule has 2 aromatic rings. The van der Waals surface area contributed by atoms with Gasteiger partial charge in [0.05, 0.1) is 27.7 Å². The SMILES string of the molecule is O=S(=O)(Nc1cccc(Cl)c1Br)c1cnc[nH]1. The maximum Gasteiger partial charge on any atom is 0.279 e. The highest BCUT2D eigenvalue weighted by Gasteiger charge is 2.17. The Balaban J connectivity index is 2.37. The normalized spacial score (nSPS) is 11.4. The van der Waals surface area contributed by atoms with Crippen LogP contribution >= 0.6 is 27.5 Å². The van der Waals surface area contributed by atoms with Gasteiger partial charge in [0.25, 0.3) is 10.0 Å². The molecule has 0 unspecified atom stereocenters. The van der Waals surface area contributed by atoms with E-state index in [0.29, 0.717) is 15.2 Å². The zero-order chi connectivity index (χ0) is 12.5. The lowest BCUT2D eigenvalue weighted by molar-refractivity contribution is 0.598. The van der Waals surface area contributed by atoms with Crippen LogP contribution < -0.4 is 4.72 Å². The topological polar surface area (TPSA) is 74.8 Å². The molecule has 0 spiro atoms. The van der Waals surface area contributed by atoms with Crippen LogP contribution in [0.3, 0.4) is 0 Å². The summed E-state index contributed by atoms with van der Waals surface area (Å²) in [7, 11) is -3.67. The Morgan fingerprint density at radius 1 is 1.41 bits per heavy atom. The smallest absolute Gasteiger partial charge is 0.279 e. The second-order valence-electron chi connectivity index (χ2n) is 3.12. The predicted octanol–water partition coefficient (Wildman–Crippen LogP) is 2.63. The first kappa shape index (κ1) is 12.4. The number of hydrogen-bond donors (Lipinski definition) is 2. The van der Waals surface area contributed by atoms with E-state index in [1.165, 1.54) is 12.5 Å². The average molecular weight is 337 g/mol. The van der Waals surface area contributed by atoms with Gasteiger partial charge in [-0.15, -0.1) is 0 Å². The fraction of sp³-hybridized carbons (Fsp3) is 0. The van der Waals surface area contributed by atoms with Gasteiger partial charge in [-0.1, -0.05) is 17.7 Å². The van der Waals surface area contributed by atoms with Gasteiger partial charge in [0.2, 0.25) is 0 Å². The minimum absolute atomic E-state index is 0.00984. The zero-order valence-corrected chi connectivity index (χ0v) is 11.5. The standard InChI is InChI=1S/C9H7BrClN3O2S/c10-9-6(11)2-1-3-7(9)14-17(15,16)8-4-12-5-13-8/h1-5,14H,(H,12,13). The molecule has 8 heteroatoms. The van der Waals surface area contributed by atoms with Gasteiger partial charge in [0.1, 0.15) is 0 Å². The van der Waals surface area contributed by atoms with Gasteiger partial charge in [-0.25, -0.2) is 4.98 Å². The number of halogens is 2. The summed E-state index contributed by atoms with van der Waals surface area (Å²) in [6.07, 6.45) is 2.52. The second kappa shape index (κ2) is 4.67. The van der Waals surface area contributed by atoms with Gasteiger partial charge >= 0.3 is 0 Å². The molecular formula is C9H7BrClN3O2S. The van der Waals surface area contributed by atoms with Gasteiger partial charge in [0, 0.05) is 0 Å². The van der Waals surface area contributed by atoms with Crippen molar-refractivity contribution in [2.24, 2.45) is 0 Å². The Kier molecular flexibility index (Phi) is 3.41. The van der Waals surface area contributed by atoms with Crippen LogP contribution in [0.25, 0.3) is 0 Å². The summed E-state index contributed by atoms with van der Waals surface area (Å²) in [6, 6.07) is 4.90. The number of hydrogen-bond acceptors (Lipinski definition) is 3. The number of anilines is 1. The minimum Gasteiger partial charge on any atom is -0.334 e. The van der Waals surface area contributed by atoms with Crippen molar-refractivity contribution in [3.63, 3.8) is 0 Å². The molecule has 0 radical (unpaired) electrons. The quantitative estimate of drug-likeness (QED) is 0.905. The Morgan fingerprint density at radius 3 is 2.82 bits per heavy atom. The summed E-state index contributed by atoms with van der Waals surface area (Å²) >= 11 is 9.08. The average Bonchev–Trinajstić information content (AvgIpc) is 2.78. The molecule has 1 aromatic heterocycles. The van der Waals surface area contributed by atoms with Crippen LogP contribution in [0.5, 0.6) is 0 Å². The summed E-state index contributed by atoms with van der Waals surface area (Å²) in [6.45, 7) is 0. The third-order valence-electron chi connectivity index (χ3n) is 1.96. The fourth-order valence-electron chi connectivity index (χ4n) is 1.17. The lowest BCUT2D eigenvalue weighted by atomic mass is 10.3. The summed E-state index contributed by atoms with van der Waals surface area (Å²) < 4.78 is 26.6. The predicted molar refractivity (Wildman–Crippen MR) is 68.5 cm³/mol. The monoisotopic (exact) mass is 335 g/mol. The van der Waals surface area contributed by atoms with Crippen LogP contribution in [0.15, 0.2) is 40.2 Å². The van der Waals surface area contributed by atoms with E-state index in [0.717, 1.165) is 0 Å². The van der Waals surface area contributed by atoms with Gasteiger partial charge in [-0.2, -0.15) is 8.42 Å². The number of benzene rings is 1. The summed E-state index contributed by atoms with van der Waals surface area (Å²) in [5.74, 6) is 0. The van der Waals surface area contributed by atoms with Crippen LogP contribution in [-0.2, 0) is 10.0 Å². The first-order valence-corrected chi connectivity index (χ1v) is 7.11. The second-order valence-corrected chi connectivity index (χ2v) is 5.97. The van der Waals surface area contributed by atoms with Crippen LogP contribution in [0.1, 0.15) is 0 Å². The number of aromatic nitrogens is 2. The number of imidazole rings is 1. The van der Waals surface area contributed by atoms with Crippen LogP contribution in [0, 0.1) is 0 Å². The number of nitrogens with zero attached hydrogens (tertiary/aromatic N) is 1. The number of sulfonamides is 1.